The maximum absolute atomic E-state index is 2.32. The lowest BCUT2D eigenvalue weighted by Crippen LogP contribution is -2.10. The minimum Gasteiger partial charge on any atom is -0.345 e. The zero-order valence-corrected chi connectivity index (χ0v) is 51.6. The molecule has 0 heterocycles. The van der Waals surface area contributed by atoms with E-state index in [0.29, 0.717) is 0 Å². The number of hydrogen-bond donors (Lipinski definition) is 0. The van der Waals surface area contributed by atoms with Crippen molar-refractivity contribution in [2.45, 2.75) is 0 Å². The number of benzene rings is 15. The molecule has 15 aromatic carbocycles. The summed E-state index contributed by atoms with van der Waals surface area (Å²) < 4.78 is 0. The van der Waals surface area contributed by atoms with Crippen LogP contribution in [0.3, 0.4) is 0 Å². The number of rotatable bonds is 15. The third-order valence-corrected chi connectivity index (χ3v) is 17.3. The van der Waals surface area contributed by atoms with Gasteiger partial charge in [-0.1, -0.05) is 261 Å². The van der Waals surface area contributed by atoms with Crippen LogP contribution in [-0.2, 0) is 0 Å². The van der Waals surface area contributed by atoms with Gasteiger partial charge in [0.25, 0.3) is 0 Å². The molecule has 0 saturated heterocycles. The first-order valence-electron chi connectivity index (χ1n) is 31.4. The molecule has 15 rings (SSSR count). The van der Waals surface area contributed by atoms with Crippen LogP contribution >= 0.6 is 0 Å². The minimum atomic E-state index is 1.12. The zero-order chi connectivity index (χ0) is 62.0. The van der Waals surface area contributed by atoms with E-state index in [1.54, 1.807) is 0 Å². The van der Waals surface area contributed by atoms with Crippen molar-refractivity contribution in [3.05, 3.63) is 376 Å². The lowest BCUT2D eigenvalue weighted by molar-refractivity contribution is 1.21. The van der Waals surface area contributed by atoms with Crippen molar-refractivity contribution < 1.29 is 0 Å². The van der Waals surface area contributed by atoms with Gasteiger partial charge >= 0.3 is 0 Å². The molecule has 440 valence electrons. The third kappa shape index (κ3) is 12.6. The SMILES string of the molecule is CN(c1ccc(-c2ccc(N(c3ccccc3)c3cccc(-c4ccccc4)c3)cc2)cc1)c1c2ccccc2cc2ccccc12.CN(c1ccc(-c2ccc(N(c3ccccc3)c3cccc(-c4ccccc4)c3)cc2)cc1)c1cccc(-c2ccccc2)c1. The smallest absolute Gasteiger partial charge is 0.0567 e. The van der Waals surface area contributed by atoms with E-state index in [2.05, 4.69) is 410 Å². The summed E-state index contributed by atoms with van der Waals surface area (Å²) in [5.74, 6) is 0. The summed E-state index contributed by atoms with van der Waals surface area (Å²) in [4.78, 5) is 9.19. The fourth-order valence-corrected chi connectivity index (χ4v) is 12.5. The highest BCUT2D eigenvalue weighted by atomic mass is 15.1. The van der Waals surface area contributed by atoms with Gasteiger partial charge in [0.1, 0.15) is 0 Å². The van der Waals surface area contributed by atoms with Crippen molar-refractivity contribution in [1.29, 1.82) is 0 Å². The van der Waals surface area contributed by atoms with Gasteiger partial charge in [0, 0.05) is 76.1 Å². The molecule has 92 heavy (non-hydrogen) atoms. The van der Waals surface area contributed by atoms with E-state index >= 15 is 0 Å². The molecule has 0 N–H and O–H groups in total. The molecule has 0 saturated carbocycles. The highest BCUT2D eigenvalue weighted by Crippen LogP contribution is 2.42. The summed E-state index contributed by atoms with van der Waals surface area (Å²) in [5.41, 5.74) is 23.4. The summed E-state index contributed by atoms with van der Waals surface area (Å²) in [6, 6.07) is 134. The first-order chi connectivity index (χ1) is 45.5. The van der Waals surface area contributed by atoms with Crippen molar-refractivity contribution in [1.82, 2.24) is 0 Å². The Kier molecular flexibility index (Phi) is 16.8. The molecule has 0 fully saturated rings. The number of hydrogen-bond acceptors (Lipinski definition) is 4. The monoisotopic (exact) mass is 1180 g/mol. The average molecular weight is 1180 g/mol. The van der Waals surface area contributed by atoms with Crippen molar-refractivity contribution in [2.24, 2.45) is 0 Å². The van der Waals surface area contributed by atoms with E-state index in [4.69, 9.17) is 0 Å². The van der Waals surface area contributed by atoms with E-state index in [9.17, 15) is 0 Å². The summed E-state index contributed by atoms with van der Waals surface area (Å²) in [6.07, 6.45) is 0. The van der Waals surface area contributed by atoms with Crippen LogP contribution in [0.1, 0.15) is 0 Å². The minimum absolute atomic E-state index is 1.12. The molecule has 0 spiro atoms. The Balaban J connectivity index is 0.000000160. The van der Waals surface area contributed by atoms with Gasteiger partial charge in [-0.05, 0) is 182 Å². The fourth-order valence-electron chi connectivity index (χ4n) is 12.5. The van der Waals surface area contributed by atoms with Gasteiger partial charge in [0.15, 0.2) is 0 Å². The molecular weight excluding hydrogens is 1110 g/mol. The summed E-state index contributed by atoms with van der Waals surface area (Å²) in [6.45, 7) is 0. The molecule has 4 nitrogen and oxygen atoms in total. The third-order valence-electron chi connectivity index (χ3n) is 17.3. The normalized spacial score (nSPS) is 10.9. The second-order valence-corrected chi connectivity index (χ2v) is 23.1. The second kappa shape index (κ2) is 26.8. The van der Waals surface area contributed by atoms with Crippen LogP contribution in [0.15, 0.2) is 376 Å². The molecule has 4 heteroatoms. The summed E-state index contributed by atoms with van der Waals surface area (Å²) in [5, 5.41) is 5.01. The quantitative estimate of drug-likeness (QED) is 0.0949. The maximum atomic E-state index is 2.32. The molecule has 0 bridgehead atoms. The molecule has 0 unspecified atom stereocenters. The van der Waals surface area contributed by atoms with Gasteiger partial charge in [-0.2, -0.15) is 0 Å². The lowest BCUT2D eigenvalue weighted by atomic mass is 9.99. The molecule has 0 aliphatic rings. The Bertz CT molecular complexity index is 4850. The number of para-hydroxylation sites is 2. The molecule has 0 atom stereocenters. The van der Waals surface area contributed by atoms with Gasteiger partial charge in [0.2, 0.25) is 0 Å². The first kappa shape index (κ1) is 57.7. The maximum Gasteiger partial charge on any atom is 0.0567 e. The van der Waals surface area contributed by atoms with E-state index in [-0.39, 0.29) is 0 Å². The van der Waals surface area contributed by atoms with Gasteiger partial charge in [-0.15, -0.1) is 0 Å². The number of nitrogens with zero attached hydrogens (tertiary/aromatic N) is 4. The molecule has 0 aromatic heterocycles. The van der Waals surface area contributed by atoms with Crippen LogP contribution < -0.4 is 19.6 Å². The number of fused-ring (bicyclic) bond motifs is 2. The van der Waals surface area contributed by atoms with Gasteiger partial charge < -0.3 is 19.6 Å². The van der Waals surface area contributed by atoms with E-state index in [1.807, 2.05) is 0 Å². The van der Waals surface area contributed by atoms with Crippen molar-refractivity contribution >= 4 is 78.4 Å². The fraction of sp³-hybridized carbons (Fsp3) is 0.0227. The first-order valence-corrected chi connectivity index (χ1v) is 31.4. The van der Waals surface area contributed by atoms with Crippen LogP contribution in [0.5, 0.6) is 0 Å². The predicted molar refractivity (Wildman–Crippen MR) is 393 cm³/mol. The highest BCUT2D eigenvalue weighted by molar-refractivity contribution is 6.12. The van der Waals surface area contributed by atoms with Crippen molar-refractivity contribution in [2.75, 3.05) is 33.7 Å². The molecule has 15 aromatic rings. The summed E-state index contributed by atoms with van der Waals surface area (Å²) >= 11 is 0. The van der Waals surface area contributed by atoms with Crippen LogP contribution in [0.4, 0.5) is 56.9 Å². The largest absolute Gasteiger partial charge is 0.345 e. The van der Waals surface area contributed by atoms with Gasteiger partial charge in [-0.3, -0.25) is 0 Å². The van der Waals surface area contributed by atoms with Crippen LogP contribution in [0.2, 0.25) is 0 Å². The predicted octanol–water partition coefficient (Wildman–Crippen LogP) is 24.5. The lowest BCUT2D eigenvalue weighted by Gasteiger charge is -2.26. The average Bonchev–Trinajstić information content (AvgIpc) is 0.867. The van der Waals surface area contributed by atoms with Gasteiger partial charge in [0.05, 0.1) is 5.69 Å². The Morgan fingerprint density at radius 1 is 0.163 bits per heavy atom. The van der Waals surface area contributed by atoms with Crippen LogP contribution in [-0.4, -0.2) is 14.1 Å². The van der Waals surface area contributed by atoms with Crippen molar-refractivity contribution in [3.63, 3.8) is 0 Å². The topological polar surface area (TPSA) is 13.0 Å². The Hall–Kier alpha value is -12.0. The van der Waals surface area contributed by atoms with E-state index in [1.165, 1.54) is 82.9 Å². The highest BCUT2D eigenvalue weighted by Gasteiger charge is 2.18. The van der Waals surface area contributed by atoms with Gasteiger partial charge in [-0.25, -0.2) is 0 Å². The molecule has 0 radical (unpaired) electrons. The molecule has 0 aliphatic heterocycles. The van der Waals surface area contributed by atoms with E-state index in [0.717, 1.165) is 51.2 Å². The molecule has 0 amide bonds. The van der Waals surface area contributed by atoms with Crippen molar-refractivity contribution in [3.8, 4) is 55.6 Å². The molecular formula is C88H68N4. The standard InChI is InChI=1S/C45H34N2.C43H34N2/c1-46(45-43-21-10-8-15-37(43)31-38-16-9-11-22-44(38)45)39-27-23-34(24-28-39)35-25-29-41(30-26-35)47(40-18-6-3-7-19-40)42-20-12-17-36(32-42)33-13-4-2-5-14-33;1-44(42-21-11-17-37(31-42)33-13-5-2-6-14-33)39-27-23-35(24-28-39)36-25-29-41(30-26-36)45(40-19-9-4-10-20-40)43-22-12-18-38(32-43)34-15-7-3-8-16-34/h2-32H,1H3;2-32H,1H3. The van der Waals surface area contributed by atoms with Crippen LogP contribution in [0, 0.1) is 0 Å². The second-order valence-electron chi connectivity index (χ2n) is 23.1. The Labute approximate surface area is 540 Å². The summed E-state index contributed by atoms with van der Waals surface area (Å²) in [7, 11) is 4.29. The Morgan fingerprint density at radius 3 is 0.783 bits per heavy atom. The molecule has 0 aliphatic carbocycles. The number of anilines is 10. The van der Waals surface area contributed by atoms with Crippen LogP contribution in [0.25, 0.3) is 77.2 Å². The Morgan fingerprint density at radius 2 is 0.413 bits per heavy atom. The zero-order valence-electron chi connectivity index (χ0n) is 51.6. The van der Waals surface area contributed by atoms with E-state index < -0.39 is 0 Å².